The first-order chi connectivity index (χ1) is 19.5. The third-order valence-corrected chi connectivity index (χ3v) is 8.05. The third-order valence-electron chi connectivity index (χ3n) is 8.05. The van der Waals surface area contributed by atoms with Crippen LogP contribution in [0.1, 0.15) is 34.1 Å². The maximum atomic E-state index is 6.07. The van der Waals surface area contributed by atoms with Crippen molar-refractivity contribution in [2.75, 3.05) is 42.7 Å². The fourth-order valence-electron chi connectivity index (χ4n) is 6.25. The van der Waals surface area contributed by atoms with E-state index >= 15 is 0 Å². The van der Waals surface area contributed by atoms with Gasteiger partial charge in [0.2, 0.25) is 0 Å². The highest BCUT2D eigenvalue weighted by molar-refractivity contribution is 6.15. The normalized spacial score (nSPS) is 15.8. The molecular formula is C34H32O6. The second-order valence-electron chi connectivity index (χ2n) is 9.87. The summed E-state index contributed by atoms with van der Waals surface area (Å²) in [5.74, 6) is 4.52. The van der Waals surface area contributed by atoms with Crippen molar-refractivity contribution < 1.29 is 28.4 Å². The second kappa shape index (κ2) is 10.2. The van der Waals surface area contributed by atoms with Crippen LogP contribution in [-0.2, 0) is 0 Å². The zero-order chi connectivity index (χ0) is 28.0. The molecule has 6 heteroatoms. The van der Waals surface area contributed by atoms with Crippen LogP contribution in [0.25, 0.3) is 21.5 Å². The number of hydrogen-bond acceptors (Lipinski definition) is 6. The lowest BCUT2D eigenvalue weighted by Crippen LogP contribution is -2.10. The van der Waals surface area contributed by atoms with Crippen LogP contribution in [0, 0.1) is 0 Å². The van der Waals surface area contributed by atoms with Crippen LogP contribution >= 0.6 is 0 Å². The molecule has 0 saturated carbocycles. The first-order valence-electron chi connectivity index (χ1n) is 13.1. The summed E-state index contributed by atoms with van der Waals surface area (Å²) in [4.78, 5) is 0. The van der Waals surface area contributed by atoms with Crippen molar-refractivity contribution >= 4 is 21.5 Å². The van der Waals surface area contributed by atoms with E-state index in [1.807, 2.05) is 30.3 Å². The molecule has 5 aromatic rings. The molecule has 0 radical (unpaired) electrons. The maximum absolute atomic E-state index is 6.07. The highest BCUT2D eigenvalue weighted by Gasteiger charge is 2.41. The van der Waals surface area contributed by atoms with Gasteiger partial charge < -0.3 is 28.4 Å². The smallest absolute Gasteiger partial charge is 0.131 e. The van der Waals surface area contributed by atoms with Gasteiger partial charge in [0.15, 0.2) is 0 Å². The Labute approximate surface area is 234 Å². The Morgan fingerprint density at radius 1 is 0.450 bits per heavy atom. The molecule has 1 aliphatic rings. The van der Waals surface area contributed by atoms with Crippen molar-refractivity contribution in [2.45, 2.75) is 11.8 Å². The molecule has 6 nitrogen and oxygen atoms in total. The Morgan fingerprint density at radius 3 is 1.68 bits per heavy atom. The van der Waals surface area contributed by atoms with Gasteiger partial charge in [-0.05, 0) is 81.4 Å². The molecule has 5 aromatic carbocycles. The van der Waals surface area contributed by atoms with Crippen LogP contribution in [0.3, 0.4) is 0 Å². The van der Waals surface area contributed by atoms with Crippen molar-refractivity contribution in [1.29, 1.82) is 0 Å². The van der Waals surface area contributed by atoms with E-state index in [1.54, 1.807) is 42.7 Å². The zero-order valence-corrected chi connectivity index (χ0v) is 23.5. The summed E-state index contributed by atoms with van der Waals surface area (Å²) in [5.41, 5.74) is 4.54. The highest BCUT2D eigenvalue weighted by Crippen LogP contribution is 2.59. The molecule has 2 atom stereocenters. The van der Waals surface area contributed by atoms with E-state index in [0.717, 1.165) is 72.7 Å². The van der Waals surface area contributed by atoms with Crippen LogP contribution in [0.2, 0.25) is 0 Å². The molecular weight excluding hydrogens is 504 g/mol. The molecule has 0 amide bonds. The number of rotatable bonds is 8. The predicted molar refractivity (Wildman–Crippen MR) is 157 cm³/mol. The number of benzene rings is 5. The molecule has 0 aliphatic heterocycles. The average molecular weight is 537 g/mol. The lowest BCUT2D eigenvalue weighted by molar-refractivity contribution is 0.391. The van der Waals surface area contributed by atoms with E-state index in [2.05, 4.69) is 42.5 Å². The van der Waals surface area contributed by atoms with Gasteiger partial charge in [-0.1, -0.05) is 12.1 Å². The standard InChI is InChI=1S/C34H32O6/c1-35-22-9-7-19(8-10-22)31-30(21-14-24(37-3)17-25(15-21)38-4)27-16-20-13-23(36-2)11-12-26(20)32-28(39-5)18-29(40-6)34(31)33(27)32/h7-18,30-31H,1-6H3/t30-,31-/m1/s1. The van der Waals surface area contributed by atoms with E-state index in [1.165, 1.54) is 5.56 Å². The van der Waals surface area contributed by atoms with Gasteiger partial charge >= 0.3 is 0 Å². The van der Waals surface area contributed by atoms with Crippen molar-refractivity contribution in [3.63, 3.8) is 0 Å². The highest BCUT2D eigenvalue weighted by atomic mass is 16.5. The fraction of sp³-hybridized carbons (Fsp3) is 0.235. The van der Waals surface area contributed by atoms with Gasteiger partial charge in [-0.3, -0.25) is 0 Å². The van der Waals surface area contributed by atoms with Gasteiger partial charge in [-0.2, -0.15) is 0 Å². The molecule has 0 aromatic heterocycles. The number of hydrogen-bond donors (Lipinski definition) is 0. The Morgan fingerprint density at radius 2 is 1.07 bits per heavy atom. The SMILES string of the molecule is COc1ccc([C@H]2c3c(OC)cc(OC)c4c3c(cc3cc(OC)ccc34)[C@H]2c2cc(OC)cc(OC)c2)cc1. The molecule has 204 valence electrons. The Kier molecular flexibility index (Phi) is 6.54. The van der Waals surface area contributed by atoms with Crippen molar-refractivity contribution in [3.05, 3.63) is 95.1 Å². The molecule has 0 bridgehead atoms. The minimum atomic E-state index is -0.0634. The first kappa shape index (κ1) is 25.7. The number of fused-ring (bicyclic) bond motifs is 2. The molecule has 0 saturated heterocycles. The van der Waals surface area contributed by atoms with Crippen LogP contribution < -0.4 is 28.4 Å². The molecule has 0 N–H and O–H groups in total. The Bertz CT molecular complexity index is 1700. The predicted octanol–water partition coefficient (Wildman–Crippen LogP) is 7.32. The topological polar surface area (TPSA) is 55.4 Å². The largest absolute Gasteiger partial charge is 0.497 e. The average Bonchev–Trinajstić information content (AvgIpc) is 3.35. The monoisotopic (exact) mass is 536 g/mol. The van der Waals surface area contributed by atoms with Gasteiger partial charge in [0.05, 0.1) is 42.7 Å². The van der Waals surface area contributed by atoms with E-state index in [0.29, 0.717) is 0 Å². The molecule has 0 unspecified atom stereocenters. The lowest BCUT2D eigenvalue weighted by Gasteiger charge is -2.25. The van der Waals surface area contributed by atoms with Gasteiger partial charge in [0.1, 0.15) is 34.5 Å². The van der Waals surface area contributed by atoms with E-state index in [9.17, 15) is 0 Å². The third kappa shape index (κ3) is 3.94. The van der Waals surface area contributed by atoms with Crippen molar-refractivity contribution in [1.82, 2.24) is 0 Å². The summed E-state index contributed by atoms with van der Waals surface area (Å²) in [5, 5.41) is 4.37. The molecule has 1 aliphatic carbocycles. The van der Waals surface area contributed by atoms with E-state index < -0.39 is 0 Å². The van der Waals surface area contributed by atoms with Gasteiger partial charge in [0.25, 0.3) is 0 Å². The van der Waals surface area contributed by atoms with Crippen molar-refractivity contribution in [3.8, 4) is 34.5 Å². The molecule has 40 heavy (non-hydrogen) atoms. The zero-order valence-electron chi connectivity index (χ0n) is 23.5. The van der Waals surface area contributed by atoms with Gasteiger partial charge in [-0.15, -0.1) is 0 Å². The van der Waals surface area contributed by atoms with Crippen LogP contribution in [0.4, 0.5) is 0 Å². The Hall–Kier alpha value is -4.58. The lowest BCUT2D eigenvalue weighted by atomic mass is 9.79. The minimum absolute atomic E-state index is 0.0558. The molecule has 0 fully saturated rings. The summed E-state index contributed by atoms with van der Waals surface area (Å²) >= 11 is 0. The second-order valence-corrected chi connectivity index (χ2v) is 9.87. The van der Waals surface area contributed by atoms with Crippen LogP contribution in [-0.4, -0.2) is 42.7 Å². The minimum Gasteiger partial charge on any atom is -0.497 e. The van der Waals surface area contributed by atoms with Crippen molar-refractivity contribution in [2.24, 2.45) is 0 Å². The quantitative estimate of drug-likeness (QED) is 0.194. The number of ether oxygens (including phenoxy) is 6. The van der Waals surface area contributed by atoms with Crippen LogP contribution in [0.15, 0.2) is 72.8 Å². The molecule has 0 heterocycles. The summed E-state index contributed by atoms with van der Waals surface area (Å²) in [6, 6.07) is 24.9. The van der Waals surface area contributed by atoms with E-state index in [4.69, 9.17) is 28.4 Å². The maximum Gasteiger partial charge on any atom is 0.131 e. The van der Waals surface area contributed by atoms with Gasteiger partial charge in [-0.25, -0.2) is 0 Å². The fourth-order valence-corrected chi connectivity index (χ4v) is 6.25. The Balaban J connectivity index is 1.76. The molecule has 6 rings (SSSR count). The van der Waals surface area contributed by atoms with E-state index in [-0.39, 0.29) is 11.8 Å². The summed E-state index contributed by atoms with van der Waals surface area (Å²) in [6.07, 6.45) is 0. The summed E-state index contributed by atoms with van der Waals surface area (Å²) in [7, 11) is 10.2. The summed E-state index contributed by atoms with van der Waals surface area (Å²) < 4.78 is 34.5. The summed E-state index contributed by atoms with van der Waals surface area (Å²) in [6.45, 7) is 0. The van der Waals surface area contributed by atoms with Gasteiger partial charge in [0, 0.05) is 34.9 Å². The number of methoxy groups -OCH3 is 6. The first-order valence-corrected chi connectivity index (χ1v) is 13.1. The molecule has 0 spiro atoms. The van der Waals surface area contributed by atoms with Crippen LogP contribution in [0.5, 0.6) is 34.5 Å².